The van der Waals surface area contributed by atoms with Crippen LogP contribution < -0.4 is 10.1 Å². The van der Waals surface area contributed by atoms with Gasteiger partial charge in [-0.15, -0.1) is 0 Å². The van der Waals surface area contributed by atoms with Crippen molar-refractivity contribution in [2.45, 2.75) is 13.1 Å². The first kappa shape index (κ1) is 21.8. The summed E-state index contributed by atoms with van der Waals surface area (Å²) in [4.78, 5) is 23.6. The van der Waals surface area contributed by atoms with Gasteiger partial charge in [-0.1, -0.05) is 0 Å². The average molecular weight is 433 g/mol. The Morgan fingerprint density at radius 1 is 0.935 bits per heavy atom. The number of rotatable bonds is 5. The molecule has 0 bridgehead atoms. The van der Waals surface area contributed by atoms with E-state index in [9.17, 15) is 27.2 Å². The minimum Gasteiger partial charge on any atom is -0.478 e. The van der Waals surface area contributed by atoms with Gasteiger partial charge in [-0.05, 0) is 73.2 Å². The summed E-state index contributed by atoms with van der Waals surface area (Å²) in [6.07, 6.45) is -4.69. The SMILES string of the molecule is Cc1cc(F)ccc1Oc1ccc(C(F)(F)F)cc1C(=O)Nc1ccc(C(=O)O)cc1. The minimum atomic E-state index is -4.69. The highest BCUT2D eigenvalue weighted by molar-refractivity contribution is 6.06. The third-order valence-corrected chi connectivity index (χ3v) is 4.30. The Balaban J connectivity index is 1.96. The number of aryl methyl sites for hydroxylation is 1. The molecule has 0 unspecified atom stereocenters. The molecule has 0 aliphatic rings. The number of carboxylic acids is 1. The maximum Gasteiger partial charge on any atom is 0.416 e. The van der Waals surface area contributed by atoms with Gasteiger partial charge in [0.25, 0.3) is 5.91 Å². The molecule has 0 radical (unpaired) electrons. The molecule has 0 fully saturated rings. The molecule has 31 heavy (non-hydrogen) atoms. The third kappa shape index (κ3) is 5.19. The van der Waals surface area contributed by atoms with E-state index < -0.39 is 35.0 Å². The van der Waals surface area contributed by atoms with E-state index in [2.05, 4.69) is 5.32 Å². The number of alkyl halides is 3. The van der Waals surface area contributed by atoms with Gasteiger partial charge < -0.3 is 15.2 Å². The van der Waals surface area contributed by atoms with Crippen molar-refractivity contribution in [1.29, 1.82) is 0 Å². The first-order chi connectivity index (χ1) is 14.5. The second kappa shape index (κ2) is 8.47. The summed E-state index contributed by atoms with van der Waals surface area (Å²) in [5, 5.41) is 11.3. The van der Waals surface area contributed by atoms with Crippen LogP contribution in [0.25, 0.3) is 0 Å². The third-order valence-electron chi connectivity index (χ3n) is 4.30. The van der Waals surface area contributed by atoms with Crippen molar-refractivity contribution in [1.82, 2.24) is 0 Å². The topological polar surface area (TPSA) is 75.6 Å². The Labute approximate surface area is 173 Å². The van der Waals surface area contributed by atoms with E-state index >= 15 is 0 Å². The Kier molecular flexibility index (Phi) is 5.96. The number of nitrogens with one attached hydrogen (secondary N) is 1. The molecule has 3 rings (SSSR count). The molecular formula is C22H15F4NO4. The highest BCUT2D eigenvalue weighted by Gasteiger charge is 2.32. The van der Waals surface area contributed by atoms with Crippen LogP contribution in [0, 0.1) is 12.7 Å². The van der Waals surface area contributed by atoms with E-state index in [1.165, 1.54) is 36.4 Å². The number of carboxylic acid groups (broad SMARTS) is 1. The number of aromatic carboxylic acids is 1. The van der Waals surface area contributed by atoms with Gasteiger partial charge in [0, 0.05) is 5.69 Å². The fourth-order valence-corrected chi connectivity index (χ4v) is 2.71. The first-order valence-corrected chi connectivity index (χ1v) is 8.84. The van der Waals surface area contributed by atoms with Gasteiger partial charge in [-0.25, -0.2) is 9.18 Å². The van der Waals surface area contributed by atoms with Gasteiger partial charge in [0.05, 0.1) is 16.7 Å². The van der Waals surface area contributed by atoms with Gasteiger partial charge in [0.15, 0.2) is 0 Å². The van der Waals surface area contributed by atoms with Crippen molar-refractivity contribution in [3.63, 3.8) is 0 Å². The van der Waals surface area contributed by atoms with Crippen LogP contribution in [0.5, 0.6) is 11.5 Å². The predicted octanol–water partition coefficient (Wildman–Crippen LogP) is 5.90. The van der Waals surface area contributed by atoms with Crippen molar-refractivity contribution >= 4 is 17.6 Å². The average Bonchev–Trinajstić information content (AvgIpc) is 2.70. The second-order valence-electron chi connectivity index (χ2n) is 6.56. The number of halogens is 4. The standard InChI is InChI=1S/C22H15F4NO4/c1-12-10-15(23)5-9-18(12)31-19-8-4-14(22(24,25)26)11-17(19)20(28)27-16-6-2-13(3-7-16)21(29)30/h2-11H,1H3,(H,27,28)(H,29,30). The quantitative estimate of drug-likeness (QED) is 0.492. The summed E-state index contributed by atoms with van der Waals surface area (Å²) >= 11 is 0. The summed E-state index contributed by atoms with van der Waals surface area (Å²) in [5.74, 6) is -2.58. The Morgan fingerprint density at radius 3 is 2.16 bits per heavy atom. The number of benzene rings is 3. The van der Waals surface area contributed by atoms with E-state index in [0.717, 1.165) is 18.2 Å². The molecule has 3 aromatic carbocycles. The Morgan fingerprint density at radius 2 is 1.58 bits per heavy atom. The summed E-state index contributed by atoms with van der Waals surface area (Å²) in [5.41, 5.74) is -0.914. The van der Waals surface area contributed by atoms with Gasteiger partial charge in [0.2, 0.25) is 0 Å². The van der Waals surface area contributed by atoms with Gasteiger partial charge in [-0.3, -0.25) is 4.79 Å². The van der Waals surface area contributed by atoms with E-state index in [4.69, 9.17) is 9.84 Å². The summed E-state index contributed by atoms with van der Waals surface area (Å²) in [6.45, 7) is 1.55. The largest absolute Gasteiger partial charge is 0.478 e. The lowest BCUT2D eigenvalue weighted by Gasteiger charge is -2.15. The maximum absolute atomic E-state index is 13.3. The minimum absolute atomic E-state index is 0.0205. The van der Waals surface area contributed by atoms with Crippen LogP contribution in [-0.2, 0) is 6.18 Å². The van der Waals surface area contributed by atoms with Crippen LogP contribution in [0.1, 0.15) is 31.8 Å². The maximum atomic E-state index is 13.3. The summed E-state index contributed by atoms with van der Waals surface area (Å²) < 4.78 is 58.4. The van der Waals surface area contributed by atoms with E-state index in [1.54, 1.807) is 6.92 Å². The number of hydrogen-bond acceptors (Lipinski definition) is 3. The molecular weight excluding hydrogens is 418 g/mol. The van der Waals surface area contributed by atoms with E-state index in [1.807, 2.05) is 0 Å². The molecule has 5 nitrogen and oxygen atoms in total. The van der Waals surface area contributed by atoms with Crippen LogP contribution in [0.3, 0.4) is 0 Å². The van der Waals surface area contributed by atoms with Crippen molar-refractivity contribution < 1.29 is 37.0 Å². The Hall–Kier alpha value is -3.88. The second-order valence-corrected chi connectivity index (χ2v) is 6.56. The Bertz CT molecular complexity index is 1140. The van der Waals surface area contributed by atoms with Crippen molar-refractivity contribution in [3.05, 3.63) is 88.7 Å². The van der Waals surface area contributed by atoms with Crippen LogP contribution in [0.15, 0.2) is 60.7 Å². The zero-order chi connectivity index (χ0) is 22.8. The van der Waals surface area contributed by atoms with Gasteiger partial charge >= 0.3 is 12.1 Å². The monoisotopic (exact) mass is 433 g/mol. The molecule has 0 spiro atoms. The van der Waals surface area contributed by atoms with Crippen molar-refractivity contribution in [2.24, 2.45) is 0 Å². The molecule has 0 heterocycles. The van der Waals surface area contributed by atoms with Gasteiger partial charge in [-0.2, -0.15) is 13.2 Å². The summed E-state index contributed by atoms with van der Waals surface area (Å²) in [6, 6.07) is 11.1. The molecule has 160 valence electrons. The fourth-order valence-electron chi connectivity index (χ4n) is 2.71. The van der Waals surface area contributed by atoms with E-state index in [0.29, 0.717) is 11.6 Å². The molecule has 3 aromatic rings. The summed E-state index contributed by atoms with van der Waals surface area (Å²) in [7, 11) is 0. The van der Waals surface area contributed by atoms with Gasteiger partial charge in [0.1, 0.15) is 17.3 Å². The normalized spacial score (nSPS) is 11.1. The number of anilines is 1. The number of carbonyl (C=O) groups is 2. The molecule has 1 amide bonds. The molecule has 0 aliphatic heterocycles. The molecule has 0 saturated carbocycles. The number of amides is 1. The van der Waals surface area contributed by atoms with Crippen molar-refractivity contribution in [2.75, 3.05) is 5.32 Å². The lowest BCUT2D eigenvalue weighted by atomic mass is 10.1. The van der Waals surface area contributed by atoms with Crippen LogP contribution in [0.2, 0.25) is 0 Å². The molecule has 0 saturated heterocycles. The first-order valence-electron chi connectivity index (χ1n) is 8.84. The van der Waals surface area contributed by atoms with E-state index in [-0.39, 0.29) is 22.7 Å². The lowest BCUT2D eigenvalue weighted by molar-refractivity contribution is -0.137. The molecule has 0 atom stereocenters. The molecule has 9 heteroatoms. The number of carbonyl (C=O) groups excluding carboxylic acids is 1. The number of hydrogen-bond donors (Lipinski definition) is 2. The molecule has 0 aromatic heterocycles. The highest BCUT2D eigenvalue weighted by Crippen LogP contribution is 2.35. The van der Waals surface area contributed by atoms with Crippen molar-refractivity contribution in [3.8, 4) is 11.5 Å². The molecule has 2 N–H and O–H groups in total. The predicted molar refractivity (Wildman–Crippen MR) is 104 cm³/mol. The van der Waals surface area contributed by atoms with Crippen LogP contribution in [-0.4, -0.2) is 17.0 Å². The fraction of sp³-hybridized carbons (Fsp3) is 0.0909. The highest BCUT2D eigenvalue weighted by atomic mass is 19.4. The smallest absolute Gasteiger partial charge is 0.416 e. The zero-order valence-corrected chi connectivity index (χ0v) is 16.0. The number of ether oxygens (including phenoxy) is 1. The van der Waals surface area contributed by atoms with Crippen LogP contribution in [0.4, 0.5) is 23.2 Å². The van der Waals surface area contributed by atoms with Crippen LogP contribution >= 0.6 is 0 Å². The lowest BCUT2D eigenvalue weighted by Crippen LogP contribution is -2.15. The zero-order valence-electron chi connectivity index (χ0n) is 16.0. The molecule has 0 aliphatic carbocycles.